The summed E-state index contributed by atoms with van der Waals surface area (Å²) in [4.78, 5) is 11.2. The summed E-state index contributed by atoms with van der Waals surface area (Å²) in [6, 6.07) is 13.6. The fourth-order valence-electron chi connectivity index (χ4n) is 3.24. The molecule has 29 heavy (non-hydrogen) atoms. The average molecular weight is 393 g/mol. The Bertz CT molecular complexity index is 1100. The van der Waals surface area contributed by atoms with Gasteiger partial charge in [0.2, 0.25) is 0 Å². The zero-order valence-corrected chi connectivity index (χ0v) is 15.8. The highest BCUT2D eigenvalue weighted by Crippen LogP contribution is 2.37. The molecule has 3 aromatic carbocycles. The van der Waals surface area contributed by atoms with Crippen LogP contribution in [0.5, 0.6) is 0 Å². The van der Waals surface area contributed by atoms with Crippen LogP contribution in [0.25, 0.3) is 22.3 Å². The highest BCUT2D eigenvalue weighted by molar-refractivity contribution is 5.89. The number of unbranched alkanes of at least 4 members (excludes halogenated alkanes) is 1. The van der Waals surface area contributed by atoms with Gasteiger partial charge in [0.05, 0.1) is 11.1 Å². The Morgan fingerprint density at radius 3 is 2.24 bits per heavy atom. The maximum Gasteiger partial charge on any atom is 0.155 e. The number of carbonyl (C=O) groups is 1. The number of hydrogen-bond acceptors (Lipinski definition) is 2. The number of halogens is 3. The number of aryl methyl sites for hydroxylation is 1. The van der Waals surface area contributed by atoms with Crippen molar-refractivity contribution in [1.82, 2.24) is 0 Å². The number of nitrogens with zero attached hydrogens (tertiary/aromatic N) is 1. The summed E-state index contributed by atoms with van der Waals surface area (Å²) in [5.41, 5.74) is 1.02. The Kier molecular flexibility index (Phi) is 6.13. The van der Waals surface area contributed by atoms with Gasteiger partial charge in [-0.05, 0) is 53.3 Å². The third-order valence-corrected chi connectivity index (χ3v) is 4.83. The number of rotatable bonds is 6. The Labute approximate surface area is 167 Å². The summed E-state index contributed by atoms with van der Waals surface area (Å²) < 4.78 is 43.5. The molecular formula is C24H18F3NO. The monoisotopic (exact) mass is 393 g/mol. The van der Waals surface area contributed by atoms with E-state index < -0.39 is 23.0 Å². The number of hydrogen-bond donors (Lipinski definition) is 0. The molecule has 0 unspecified atom stereocenters. The molecule has 0 radical (unpaired) electrons. The largest absolute Gasteiger partial charge is 0.298 e. The SMILES string of the molecule is CCCCc1ccc(-c2c(-c3ccc(C#N)c(F)c3)cc(F)c(C=O)c2F)cc1. The molecule has 0 aliphatic heterocycles. The first-order valence-electron chi connectivity index (χ1n) is 9.26. The topological polar surface area (TPSA) is 40.9 Å². The van der Waals surface area contributed by atoms with Gasteiger partial charge in [0.25, 0.3) is 0 Å². The molecule has 0 fully saturated rings. The van der Waals surface area contributed by atoms with Crippen LogP contribution in [0, 0.1) is 28.8 Å². The Hall–Kier alpha value is -3.39. The van der Waals surface area contributed by atoms with Gasteiger partial charge >= 0.3 is 0 Å². The van der Waals surface area contributed by atoms with Gasteiger partial charge in [-0.25, -0.2) is 13.2 Å². The second-order valence-electron chi connectivity index (χ2n) is 6.73. The van der Waals surface area contributed by atoms with Crippen LogP contribution >= 0.6 is 0 Å². The van der Waals surface area contributed by atoms with Crippen LogP contribution in [0.15, 0.2) is 48.5 Å². The van der Waals surface area contributed by atoms with Crippen LogP contribution < -0.4 is 0 Å². The van der Waals surface area contributed by atoms with E-state index in [1.165, 1.54) is 12.1 Å². The molecule has 0 amide bonds. The predicted octanol–water partition coefficient (Wildman–Crippen LogP) is 6.46. The van der Waals surface area contributed by atoms with Crippen molar-refractivity contribution in [3.8, 4) is 28.3 Å². The molecular weight excluding hydrogens is 375 g/mol. The van der Waals surface area contributed by atoms with Crippen LogP contribution in [-0.4, -0.2) is 6.29 Å². The molecule has 2 nitrogen and oxygen atoms in total. The molecule has 0 saturated carbocycles. The first-order chi connectivity index (χ1) is 14.0. The van der Waals surface area contributed by atoms with E-state index in [1.807, 2.05) is 12.1 Å². The van der Waals surface area contributed by atoms with Gasteiger partial charge < -0.3 is 0 Å². The number of nitriles is 1. The quantitative estimate of drug-likeness (QED) is 0.451. The maximum atomic E-state index is 15.1. The van der Waals surface area contributed by atoms with Gasteiger partial charge in [0.15, 0.2) is 6.29 Å². The predicted molar refractivity (Wildman–Crippen MR) is 106 cm³/mol. The minimum Gasteiger partial charge on any atom is -0.298 e. The summed E-state index contributed by atoms with van der Waals surface area (Å²) >= 11 is 0. The van der Waals surface area contributed by atoms with Crippen LogP contribution in [0.4, 0.5) is 13.2 Å². The van der Waals surface area contributed by atoms with Crippen LogP contribution in [-0.2, 0) is 6.42 Å². The third-order valence-electron chi connectivity index (χ3n) is 4.83. The number of benzene rings is 3. The van der Waals surface area contributed by atoms with E-state index >= 15 is 4.39 Å². The zero-order valence-electron chi connectivity index (χ0n) is 15.8. The van der Waals surface area contributed by atoms with Crippen molar-refractivity contribution in [2.24, 2.45) is 0 Å². The fraction of sp³-hybridized carbons (Fsp3) is 0.167. The molecule has 3 rings (SSSR count). The molecule has 0 N–H and O–H groups in total. The molecule has 0 heterocycles. The van der Waals surface area contributed by atoms with Gasteiger partial charge in [0, 0.05) is 5.56 Å². The molecule has 0 aliphatic carbocycles. The number of aldehydes is 1. The lowest BCUT2D eigenvalue weighted by Gasteiger charge is -2.15. The maximum absolute atomic E-state index is 15.1. The van der Waals surface area contributed by atoms with Crippen molar-refractivity contribution in [3.63, 3.8) is 0 Å². The van der Waals surface area contributed by atoms with E-state index in [4.69, 9.17) is 5.26 Å². The highest BCUT2D eigenvalue weighted by atomic mass is 19.1. The molecule has 0 aliphatic rings. The van der Waals surface area contributed by atoms with Gasteiger partial charge in [-0.1, -0.05) is 43.7 Å². The molecule has 0 bridgehead atoms. The summed E-state index contributed by atoms with van der Waals surface area (Å²) in [7, 11) is 0. The lowest BCUT2D eigenvalue weighted by molar-refractivity contribution is 0.111. The van der Waals surface area contributed by atoms with Crippen molar-refractivity contribution in [3.05, 3.63) is 82.7 Å². The minimum absolute atomic E-state index is 0.0136. The van der Waals surface area contributed by atoms with E-state index in [0.717, 1.165) is 37.0 Å². The van der Waals surface area contributed by atoms with E-state index in [2.05, 4.69) is 6.92 Å². The number of carbonyl (C=O) groups excluding carboxylic acids is 1. The van der Waals surface area contributed by atoms with Gasteiger partial charge in [-0.3, -0.25) is 4.79 Å². The fourth-order valence-corrected chi connectivity index (χ4v) is 3.24. The summed E-state index contributed by atoms with van der Waals surface area (Å²) in [5, 5.41) is 8.91. The molecule has 146 valence electrons. The van der Waals surface area contributed by atoms with E-state index in [-0.39, 0.29) is 28.5 Å². The molecule has 3 aromatic rings. The van der Waals surface area contributed by atoms with Crippen molar-refractivity contribution >= 4 is 6.29 Å². The van der Waals surface area contributed by atoms with Gasteiger partial charge in [-0.2, -0.15) is 5.26 Å². The second kappa shape index (κ2) is 8.74. The summed E-state index contributed by atoms with van der Waals surface area (Å²) in [5.74, 6) is -2.81. The lowest BCUT2D eigenvalue weighted by atomic mass is 9.90. The Morgan fingerprint density at radius 1 is 0.966 bits per heavy atom. The van der Waals surface area contributed by atoms with Crippen molar-refractivity contribution in [1.29, 1.82) is 5.26 Å². The first kappa shape index (κ1) is 20.3. The smallest absolute Gasteiger partial charge is 0.155 e. The molecule has 0 spiro atoms. The van der Waals surface area contributed by atoms with Crippen LogP contribution in [0.1, 0.15) is 41.3 Å². The van der Waals surface area contributed by atoms with Crippen molar-refractivity contribution in [2.45, 2.75) is 26.2 Å². The first-order valence-corrected chi connectivity index (χ1v) is 9.26. The average Bonchev–Trinajstić information content (AvgIpc) is 2.72. The van der Waals surface area contributed by atoms with Crippen molar-refractivity contribution < 1.29 is 18.0 Å². The molecule has 0 saturated heterocycles. The molecule has 0 atom stereocenters. The lowest BCUT2D eigenvalue weighted by Crippen LogP contribution is -2.01. The highest BCUT2D eigenvalue weighted by Gasteiger charge is 2.21. The van der Waals surface area contributed by atoms with E-state index in [1.54, 1.807) is 18.2 Å². The summed E-state index contributed by atoms with van der Waals surface area (Å²) in [6.07, 6.45) is 3.09. The van der Waals surface area contributed by atoms with Crippen LogP contribution in [0.3, 0.4) is 0 Å². The second-order valence-corrected chi connectivity index (χ2v) is 6.73. The van der Waals surface area contributed by atoms with Crippen LogP contribution in [0.2, 0.25) is 0 Å². The standard InChI is InChI=1S/C24H18F3NO/c1-2-3-4-15-5-7-16(8-6-15)23-19(12-22(26)20(14-29)24(23)27)17-9-10-18(13-28)21(25)11-17/h5-12,14H,2-4H2,1H3. The molecule has 0 aromatic heterocycles. The Morgan fingerprint density at radius 2 is 1.66 bits per heavy atom. The zero-order chi connectivity index (χ0) is 21.0. The van der Waals surface area contributed by atoms with E-state index in [0.29, 0.717) is 5.56 Å². The third kappa shape index (κ3) is 4.07. The Balaban J connectivity index is 2.20. The summed E-state index contributed by atoms with van der Waals surface area (Å²) in [6.45, 7) is 2.09. The minimum atomic E-state index is -1.03. The molecule has 5 heteroatoms. The normalized spacial score (nSPS) is 10.6. The van der Waals surface area contributed by atoms with Gasteiger partial charge in [0.1, 0.15) is 23.5 Å². The van der Waals surface area contributed by atoms with Crippen molar-refractivity contribution in [2.75, 3.05) is 0 Å². The van der Waals surface area contributed by atoms with Gasteiger partial charge in [-0.15, -0.1) is 0 Å². The van der Waals surface area contributed by atoms with E-state index in [9.17, 15) is 13.6 Å².